The quantitative estimate of drug-likeness (QED) is 0.463. The monoisotopic (exact) mass is 456 g/mol. The zero-order chi connectivity index (χ0) is 23.8. The van der Waals surface area contributed by atoms with Crippen LogP contribution in [0.2, 0.25) is 0 Å². The van der Waals surface area contributed by atoms with E-state index in [0.717, 1.165) is 0 Å². The fourth-order valence-corrected chi connectivity index (χ4v) is 3.74. The van der Waals surface area contributed by atoms with Gasteiger partial charge in [-0.3, -0.25) is 4.99 Å². The van der Waals surface area contributed by atoms with Gasteiger partial charge in [-0.15, -0.1) is 0 Å². The largest absolute Gasteiger partial charge is 0.494 e. The Bertz CT molecular complexity index is 1220. The number of aromatic amines is 1. The van der Waals surface area contributed by atoms with Crippen molar-refractivity contribution < 1.29 is 23.4 Å². The average molecular weight is 456 g/mol. The number of hydrogen-bond acceptors (Lipinski definition) is 5. The van der Waals surface area contributed by atoms with Crippen LogP contribution >= 0.6 is 0 Å². The molecule has 1 atom stereocenters. The summed E-state index contributed by atoms with van der Waals surface area (Å²) in [4.78, 5) is 20.8. The van der Waals surface area contributed by atoms with Crippen LogP contribution in [-0.2, 0) is 4.74 Å². The fourth-order valence-electron chi connectivity index (χ4n) is 3.74. The van der Waals surface area contributed by atoms with E-state index in [9.17, 15) is 18.7 Å². The van der Waals surface area contributed by atoms with Gasteiger partial charge in [0.1, 0.15) is 17.2 Å². The van der Waals surface area contributed by atoms with Crippen molar-refractivity contribution in [3.05, 3.63) is 53.6 Å². The number of carbonyl (C=O) groups excluding carboxylic acids is 1. The molecule has 1 aliphatic rings. The van der Waals surface area contributed by atoms with E-state index in [1.807, 2.05) is 20.8 Å². The molecule has 7 nitrogen and oxygen atoms in total. The second-order valence-corrected chi connectivity index (χ2v) is 9.06. The maximum absolute atomic E-state index is 14.7. The molecule has 1 amide bonds. The maximum atomic E-state index is 14.7. The first-order valence-electron chi connectivity index (χ1n) is 10.7. The van der Waals surface area contributed by atoms with E-state index in [-0.39, 0.29) is 18.0 Å². The highest BCUT2D eigenvalue weighted by atomic mass is 19.1. The number of amides is 1. The van der Waals surface area contributed by atoms with Crippen molar-refractivity contribution in [2.45, 2.75) is 38.8 Å². The smallest absolute Gasteiger partial charge is 0.410 e. The van der Waals surface area contributed by atoms with Crippen LogP contribution in [0.5, 0.6) is 5.88 Å². The molecule has 0 aliphatic carbocycles. The van der Waals surface area contributed by atoms with E-state index in [1.54, 1.807) is 17.0 Å². The summed E-state index contributed by atoms with van der Waals surface area (Å²) in [5.74, 6) is -1.05. The second kappa shape index (κ2) is 8.73. The lowest BCUT2D eigenvalue weighted by atomic mass is 10.2. The van der Waals surface area contributed by atoms with Crippen molar-refractivity contribution >= 4 is 34.6 Å². The number of benzene rings is 2. The Morgan fingerprint density at radius 2 is 2.06 bits per heavy atom. The number of aromatic nitrogens is 1. The van der Waals surface area contributed by atoms with Crippen molar-refractivity contribution in [2.75, 3.05) is 18.4 Å². The molecule has 33 heavy (non-hydrogen) atoms. The molecule has 1 unspecified atom stereocenters. The minimum Gasteiger partial charge on any atom is -0.494 e. The van der Waals surface area contributed by atoms with Gasteiger partial charge in [-0.1, -0.05) is 0 Å². The van der Waals surface area contributed by atoms with Gasteiger partial charge in [-0.25, -0.2) is 13.6 Å². The summed E-state index contributed by atoms with van der Waals surface area (Å²) in [6.07, 6.45) is 1.71. The van der Waals surface area contributed by atoms with Crippen molar-refractivity contribution in [1.82, 2.24) is 9.88 Å². The van der Waals surface area contributed by atoms with E-state index in [2.05, 4.69) is 15.3 Å². The highest BCUT2D eigenvalue weighted by Gasteiger charge is 2.30. The molecule has 1 aromatic heterocycles. The van der Waals surface area contributed by atoms with Crippen LogP contribution in [0.15, 0.2) is 41.4 Å². The molecule has 1 aliphatic heterocycles. The highest BCUT2D eigenvalue weighted by Crippen LogP contribution is 2.28. The maximum Gasteiger partial charge on any atom is 0.410 e. The molecule has 0 saturated carbocycles. The second-order valence-electron chi connectivity index (χ2n) is 9.06. The Balaban J connectivity index is 1.42. The lowest BCUT2D eigenvalue weighted by Gasteiger charge is -2.24. The molecule has 4 rings (SSSR count). The number of aliphatic imine (C=N–C) groups is 1. The number of nitrogens with zero attached hydrogens (tertiary/aromatic N) is 2. The summed E-state index contributed by atoms with van der Waals surface area (Å²) in [6, 6.07) is 8.53. The Labute approximate surface area is 190 Å². The fraction of sp³-hybridized carbons (Fsp3) is 0.333. The number of halogens is 2. The van der Waals surface area contributed by atoms with Crippen molar-refractivity contribution in [3.8, 4) is 5.88 Å². The third-order valence-electron chi connectivity index (χ3n) is 5.27. The minimum absolute atomic E-state index is 0.0927. The van der Waals surface area contributed by atoms with Crippen LogP contribution in [-0.4, -0.2) is 52.0 Å². The van der Waals surface area contributed by atoms with E-state index in [4.69, 9.17) is 4.74 Å². The topological polar surface area (TPSA) is 89.9 Å². The van der Waals surface area contributed by atoms with Crippen molar-refractivity contribution in [2.24, 2.45) is 4.99 Å². The summed E-state index contributed by atoms with van der Waals surface area (Å²) in [7, 11) is 0. The zero-order valence-corrected chi connectivity index (χ0v) is 18.7. The van der Waals surface area contributed by atoms with Crippen LogP contribution in [0, 0.1) is 11.6 Å². The molecule has 2 aromatic carbocycles. The number of likely N-dealkylation sites (tertiary alicyclic amines) is 1. The number of H-pyrrole nitrogens is 1. The number of fused-ring (bicyclic) bond motifs is 1. The zero-order valence-electron chi connectivity index (χ0n) is 18.7. The molecule has 174 valence electrons. The number of rotatable bonds is 4. The van der Waals surface area contributed by atoms with E-state index >= 15 is 0 Å². The number of aromatic hydroxyl groups is 1. The lowest BCUT2D eigenvalue weighted by molar-refractivity contribution is 0.0293. The van der Waals surface area contributed by atoms with Gasteiger partial charge < -0.3 is 25.0 Å². The highest BCUT2D eigenvalue weighted by molar-refractivity contribution is 6.02. The Morgan fingerprint density at radius 3 is 2.79 bits per heavy atom. The molecular weight excluding hydrogens is 430 g/mol. The Kier molecular flexibility index (Phi) is 5.97. The molecule has 9 heteroatoms. The normalized spacial score (nSPS) is 16.6. The van der Waals surface area contributed by atoms with Gasteiger partial charge >= 0.3 is 6.09 Å². The molecule has 2 heterocycles. The predicted molar refractivity (Wildman–Crippen MR) is 123 cm³/mol. The van der Waals surface area contributed by atoms with Crippen molar-refractivity contribution in [1.29, 1.82) is 0 Å². The number of ether oxygens (including phenoxy) is 1. The Hall–Kier alpha value is -3.62. The van der Waals surface area contributed by atoms with Gasteiger partial charge in [-0.05, 0) is 57.5 Å². The summed E-state index contributed by atoms with van der Waals surface area (Å²) in [5, 5.41) is 13.8. The molecule has 1 saturated heterocycles. The molecular formula is C24H26F2N4O3. The molecule has 0 bridgehead atoms. The predicted octanol–water partition coefficient (Wildman–Crippen LogP) is 5.32. The summed E-state index contributed by atoms with van der Waals surface area (Å²) in [6.45, 7) is 6.41. The van der Waals surface area contributed by atoms with Gasteiger partial charge in [0.25, 0.3) is 0 Å². The van der Waals surface area contributed by atoms with Crippen LogP contribution in [0.3, 0.4) is 0 Å². The Morgan fingerprint density at radius 1 is 1.27 bits per heavy atom. The van der Waals surface area contributed by atoms with Crippen LogP contribution in [0.4, 0.5) is 25.0 Å². The number of nitrogens with one attached hydrogen (secondary N) is 2. The summed E-state index contributed by atoms with van der Waals surface area (Å²) in [5.41, 5.74) is 0.939. The van der Waals surface area contributed by atoms with Gasteiger partial charge in [0.2, 0.25) is 0 Å². The van der Waals surface area contributed by atoms with Gasteiger partial charge in [0.15, 0.2) is 5.88 Å². The van der Waals surface area contributed by atoms with Gasteiger partial charge in [-0.2, -0.15) is 0 Å². The third-order valence-corrected chi connectivity index (χ3v) is 5.27. The van der Waals surface area contributed by atoms with E-state index in [1.165, 1.54) is 30.5 Å². The first-order valence-corrected chi connectivity index (χ1v) is 10.7. The summed E-state index contributed by atoms with van der Waals surface area (Å²) < 4.78 is 33.4. The molecule has 3 N–H and O–H groups in total. The molecule has 3 aromatic rings. The van der Waals surface area contributed by atoms with Crippen LogP contribution < -0.4 is 5.32 Å². The number of anilines is 1. The van der Waals surface area contributed by atoms with E-state index < -0.39 is 17.2 Å². The van der Waals surface area contributed by atoms with Crippen LogP contribution in [0.25, 0.3) is 10.9 Å². The molecule has 1 fully saturated rings. The minimum atomic E-state index is -0.565. The number of carbonyl (C=O) groups is 1. The van der Waals surface area contributed by atoms with Crippen LogP contribution in [0.1, 0.15) is 32.8 Å². The van der Waals surface area contributed by atoms with E-state index in [0.29, 0.717) is 47.4 Å². The first kappa shape index (κ1) is 22.6. The van der Waals surface area contributed by atoms with Gasteiger partial charge in [0, 0.05) is 36.8 Å². The lowest BCUT2D eigenvalue weighted by Crippen LogP contribution is -2.36. The SMILES string of the molecule is CC(C)(C)OC(=O)N1CCC(Nc2ccc(N=Cc3c(O)[nH]c4cc(F)ccc34)cc2F)C1. The molecule has 0 radical (unpaired) electrons. The molecule has 0 spiro atoms. The van der Waals surface area contributed by atoms with Crippen molar-refractivity contribution in [3.63, 3.8) is 0 Å². The standard InChI is InChI=1S/C24H26F2N4O3/c1-24(2,3)33-23(32)30-9-8-16(13-30)28-20-7-5-15(11-19(20)26)27-12-18-17-6-4-14(25)10-21(17)29-22(18)31/h4-7,10-12,16,28-29,31H,8-9,13H2,1-3H3. The summed E-state index contributed by atoms with van der Waals surface area (Å²) >= 11 is 0. The third kappa shape index (κ3) is 5.24. The number of hydrogen-bond donors (Lipinski definition) is 3. The average Bonchev–Trinajstić information content (AvgIpc) is 3.30. The van der Waals surface area contributed by atoms with Gasteiger partial charge in [0.05, 0.1) is 22.5 Å². The first-order chi connectivity index (χ1) is 15.6.